The van der Waals surface area contributed by atoms with E-state index in [9.17, 15) is 0 Å². The molecule has 3 rings (SSSR count). The molecule has 0 heterocycles. The van der Waals surface area contributed by atoms with Crippen LogP contribution in [0.4, 0.5) is 5.69 Å². The number of para-hydroxylation sites is 1. The molecule has 122 valence electrons. The monoisotopic (exact) mass is 317 g/mol. The predicted molar refractivity (Wildman–Crippen MR) is 100 cm³/mol. The number of rotatable bonds is 6. The third-order valence-electron chi connectivity index (χ3n) is 4.15. The highest BCUT2D eigenvalue weighted by Crippen LogP contribution is 2.23. The highest BCUT2D eigenvalue weighted by Gasteiger charge is 2.07. The second-order valence-corrected chi connectivity index (χ2v) is 6.02. The normalized spacial score (nSPS) is 11.8. The van der Waals surface area contributed by atoms with Crippen molar-refractivity contribution in [3.63, 3.8) is 0 Å². The zero-order valence-corrected chi connectivity index (χ0v) is 14.2. The number of hydrogen-bond acceptors (Lipinski definition) is 2. The van der Waals surface area contributed by atoms with E-state index in [-0.39, 0.29) is 6.04 Å². The van der Waals surface area contributed by atoms with Crippen LogP contribution in [0.3, 0.4) is 0 Å². The highest BCUT2D eigenvalue weighted by atomic mass is 16.5. The summed E-state index contributed by atoms with van der Waals surface area (Å²) in [7, 11) is 0. The number of nitrogens with one attached hydrogen (secondary N) is 1. The highest BCUT2D eigenvalue weighted by molar-refractivity contribution is 5.52. The molecule has 2 nitrogen and oxygen atoms in total. The molecular weight excluding hydrogens is 294 g/mol. The third kappa shape index (κ3) is 4.17. The van der Waals surface area contributed by atoms with Gasteiger partial charge in [-0.05, 0) is 48.7 Å². The van der Waals surface area contributed by atoms with Gasteiger partial charge >= 0.3 is 0 Å². The van der Waals surface area contributed by atoms with Crippen molar-refractivity contribution in [2.45, 2.75) is 26.5 Å². The van der Waals surface area contributed by atoms with Gasteiger partial charge in [0.2, 0.25) is 0 Å². The van der Waals surface area contributed by atoms with Crippen molar-refractivity contribution in [1.29, 1.82) is 0 Å². The average molecular weight is 317 g/mol. The fraction of sp³-hybridized carbons (Fsp3) is 0.182. The fourth-order valence-corrected chi connectivity index (χ4v) is 2.65. The summed E-state index contributed by atoms with van der Waals surface area (Å²) in [6, 6.07) is 27.1. The maximum absolute atomic E-state index is 5.84. The van der Waals surface area contributed by atoms with Gasteiger partial charge in [0.15, 0.2) is 0 Å². The first-order valence-corrected chi connectivity index (χ1v) is 8.31. The smallest absolute Gasteiger partial charge is 0.119 e. The van der Waals surface area contributed by atoms with Crippen LogP contribution in [0.15, 0.2) is 78.9 Å². The molecule has 0 spiro atoms. The number of aryl methyl sites for hydroxylation is 1. The summed E-state index contributed by atoms with van der Waals surface area (Å²) in [5.41, 5.74) is 4.85. The summed E-state index contributed by atoms with van der Waals surface area (Å²) in [6.45, 7) is 4.89. The van der Waals surface area contributed by atoms with E-state index in [1.54, 1.807) is 0 Å². The van der Waals surface area contributed by atoms with E-state index in [4.69, 9.17) is 4.74 Å². The van der Waals surface area contributed by atoms with Gasteiger partial charge in [-0.2, -0.15) is 0 Å². The largest absolute Gasteiger partial charge is 0.489 e. The minimum absolute atomic E-state index is 0.245. The SMILES string of the molecule is Cc1ccccc1NC(C)c1ccc(OCc2ccccc2)cc1. The second-order valence-electron chi connectivity index (χ2n) is 6.02. The molecule has 2 heteroatoms. The molecule has 0 aliphatic carbocycles. The number of ether oxygens (including phenoxy) is 1. The molecule has 0 radical (unpaired) electrons. The first-order chi connectivity index (χ1) is 11.7. The molecule has 0 amide bonds. The number of hydrogen-bond donors (Lipinski definition) is 1. The van der Waals surface area contributed by atoms with Gasteiger partial charge in [0, 0.05) is 11.7 Å². The maximum atomic E-state index is 5.84. The zero-order chi connectivity index (χ0) is 16.8. The van der Waals surface area contributed by atoms with Crippen molar-refractivity contribution in [3.8, 4) is 5.75 Å². The van der Waals surface area contributed by atoms with Crippen LogP contribution < -0.4 is 10.1 Å². The lowest BCUT2D eigenvalue weighted by atomic mass is 10.1. The van der Waals surface area contributed by atoms with Crippen molar-refractivity contribution >= 4 is 5.69 Å². The Labute approximate surface area is 144 Å². The first-order valence-electron chi connectivity index (χ1n) is 8.31. The van der Waals surface area contributed by atoms with Gasteiger partial charge in [-0.15, -0.1) is 0 Å². The standard InChI is InChI=1S/C22H23NO/c1-17-8-6-7-11-22(17)23-18(2)20-12-14-21(15-13-20)24-16-19-9-4-3-5-10-19/h3-15,18,23H,16H2,1-2H3. The fourth-order valence-electron chi connectivity index (χ4n) is 2.65. The summed E-state index contributed by atoms with van der Waals surface area (Å²) in [5, 5.41) is 3.56. The van der Waals surface area contributed by atoms with Crippen molar-refractivity contribution in [2.75, 3.05) is 5.32 Å². The summed E-state index contributed by atoms with van der Waals surface area (Å²) < 4.78 is 5.84. The molecule has 1 N–H and O–H groups in total. The van der Waals surface area contributed by atoms with E-state index >= 15 is 0 Å². The van der Waals surface area contributed by atoms with Gasteiger partial charge < -0.3 is 10.1 Å². The van der Waals surface area contributed by atoms with Crippen LogP contribution in [-0.2, 0) is 6.61 Å². The van der Waals surface area contributed by atoms with Crippen LogP contribution in [0.5, 0.6) is 5.75 Å². The average Bonchev–Trinajstić information content (AvgIpc) is 2.63. The lowest BCUT2D eigenvalue weighted by molar-refractivity contribution is 0.306. The number of anilines is 1. The van der Waals surface area contributed by atoms with E-state index in [1.807, 2.05) is 30.3 Å². The lowest BCUT2D eigenvalue weighted by Gasteiger charge is -2.18. The van der Waals surface area contributed by atoms with E-state index in [1.165, 1.54) is 22.4 Å². The van der Waals surface area contributed by atoms with Gasteiger partial charge in [0.05, 0.1) is 0 Å². The van der Waals surface area contributed by atoms with E-state index in [0.29, 0.717) is 6.61 Å². The van der Waals surface area contributed by atoms with Crippen molar-refractivity contribution in [1.82, 2.24) is 0 Å². The van der Waals surface area contributed by atoms with Crippen LogP contribution in [-0.4, -0.2) is 0 Å². The third-order valence-corrected chi connectivity index (χ3v) is 4.15. The Morgan fingerprint density at radius 2 is 1.50 bits per heavy atom. The van der Waals surface area contributed by atoms with Crippen LogP contribution >= 0.6 is 0 Å². The minimum atomic E-state index is 0.245. The molecular formula is C22H23NO. The van der Waals surface area contributed by atoms with Crippen LogP contribution in [0.2, 0.25) is 0 Å². The van der Waals surface area contributed by atoms with Gasteiger partial charge in [-0.25, -0.2) is 0 Å². The summed E-state index contributed by atoms with van der Waals surface area (Å²) in [6.07, 6.45) is 0. The molecule has 0 aliphatic rings. The molecule has 3 aromatic rings. The van der Waals surface area contributed by atoms with Crippen molar-refractivity contribution in [2.24, 2.45) is 0 Å². The molecule has 0 bridgehead atoms. The molecule has 0 saturated heterocycles. The molecule has 1 unspecified atom stereocenters. The van der Waals surface area contributed by atoms with E-state index < -0.39 is 0 Å². The molecule has 0 saturated carbocycles. The first kappa shape index (κ1) is 16.1. The minimum Gasteiger partial charge on any atom is -0.489 e. The predicted octanol–water partition coefficient (Wildman–Crippen LogP) is 5.75. The quantitative estimate of drug-likeness (QED) is 0.625. The zero-order valence-electron chi connectivity index (χ0n) is 14.2. The van der Waals surface area contributed by atoms with Crippen molar-refractivity contribution < 1.29 is 4.74 Å². The van der Waals surface area contributed by atoms with Crippen LogP contribution in [0.25, 0.3) is 0 Å². The Balaban J connectivity index is 1.60. The van der Waals surface area contributed by atoms with E-state index in [2.05, 4.69) is 67.7 Å². The topological polar surface area (TPSA) is 21.3 Å². The Hall–Kier alpha value is -2.74. The van der Waals surface area contributed by atoms with Gasteiger partial charge in [0.25, 0.3) is 0 Å². The molecule has 0 fully saturated rings. The molecule has 0 aliphatic heterocycles. The summed E-state index contributed by atoms with van der Waals surface area (Å²) in [4.78, 5) is 0. The van der Waals surface area contributed by atoms with Crippen LogP contribution in [0.1, 0.15) is 29.7 Å². The Kier molecular flexibility index (Phi) is 5.17. The summed E-state index contributed by atoms with van der Waals surface area (Å²) in [5.74, 6) is 0.894. The summed E-state index contributed by atoms with van der Waals surface area (Å²) >= 11 is 0. The van der Waals surface area contributed by atoms with Gasteiger partial charge in [-0.1, -0.05) is 60.7 Å². The molecule has 1 atom stereocenters. The van der Waals surface area contributed by atoms with E-state index in [0.717, 1.165) is 5.75 Å². The van der Waals surface area contributed by atoms with Gasteiger partial charge in [0.1, 0.15) is 12.4 Å². The number of benzene rings is 3. The Morgan fingerprint density at radius 3 is 2.21 bits per heavy atom. The van der Waals surface area contributed by atoms with Crippen molar-refractivity contribution in [3.05, 3.63) is 95.6 Å². The van der Waals surface area contributed by atoms with Gasteiger partial charge in [-0.3, -0.25) is 0 Å². The second kappa shape index (κ2) is 7.69. The lowest BCUT2D eigenvalue weighted by Crippen LogP contribution is -2.07. The molecule has 0 aromatic heterocycles. The Morgan fingerprint density at radius 1 is 0.833 bits per heavy atom. The maximum Gasteiger partial charge on any atom is 0.119 e. The molecule has 24 heavy (non-hydrogen) atoms. The van der Waals surface area contributed by atoms with Crippen LogP contribution in [0, 0.1) is 6.92 Å². The Bertz CT molecular complexity index is 765. The molecule has 3 aromatic carbocycles.